The van der Waals surface area contributed by atoms with E-state index >= 15 is 0 Å². The minimum atomic E-state index is 0.0601. The summed E-state index contributed by atoms with van der Waals surface area (Å²) in [6.07, 6.45) is 1.84. The average molecular weight is 197 g/mol. The van der Waals surface area contributed by atoms with Crippen molar-refractivity contribution in [2.45, 2.75) is 0 Å². The third-order valence-corrected chi connectivity index (χ3v) is 2.51. The van der Waals surface area contributed by atoms with Gasteiger partial charge in [0.15, 0.2) is 0 Å². The van der Waals surface area contributed by atoms with Gasteiger partial charge in [0.2, 0.25) is 6.20 Å². The first-order valence-corrected chi connectivity index (χ1v) is 4.78. The van der Waals surface area contributed by atoms with Crippen molar-refractivity contribution in [2.24, 2.45) is 0 Å². The van der Waals surface area contributed by atoms with Crippen LogP contribution in [0.4, 0.5) is 0 Å². The lowest BCUT2D eigenvalue weighted by Crippen LogP contribution is -2.31. The van der Waals surface area contributed by atoms with Crippen LogP contribution in [0.1, 0.15) is 0 Å². The van der Waals surface area contributed by atoms with Crippen molar-refractivity contribution in [1.29, 1.82) is 0 Å². The van der Waals surface area contributed by atoms with Crippen LogP contribution in [0.25, 0.3) is 16.4 Å². The molecule has 0 spiro atoms. The van der Waals surface area contributed by atoms with Gasteiger partial charge < -0.3 is 0 Å². The lowest BCUT2D eigenvalue weighted by Gasteiger charge is -1.94. The van der Waals surface area contributed by atoms with Gasteiger partial charge in [-0.1, -0.05) is 16.6 Å². The summed E-state index contributed by atoms with van der Waals surface area (Å²) in [4.78, 5) is 12.0. The van der Waals surface area contributed by atoms with E-state index in [1.165, 1.54) is 0 Å². The van der Waals surface area contributed by atoms with Crippen molar-refractivity contribution < 1.29 is 4.52 Å². The second-order valence-corrected chi connectivity index (χ2v) is 3.44. The minimum Gasteiger partial charge on any atom is -0.282 e. The second-order valence-electron chi connectivity index (χ2n) is 3.44. The van der Waals surface area contributed by atoms with Crippen LogP contribution in [-0.2, 0) is 0 Å². The quantitative estimate of drug-likeness (QED) is 0.427. The topological polar surface area (TPSA) is 37.0 Å². The van der Waals surface area contributed by atoms with Gasteiger partial charge >= 0.3 is 0 Å². The molecule has 0 atom stereocenters. The molecule has 1 aromatic carbocycles. The normalized spacial score (nSPS) is 10.9. The van der Waals surface area contributed by atoms with E-state index in [2.05, 4.69) is 5.10 Å². The van der Waals surface area contributed by atoms with Crippen LogP contribution >= 0.6 is 0 Å². The van der Waals surface area contributed by atoms with E-state index in [1.54, 1.807) is 4.52 Å². The highest BCUT2D eigenvalue weighted by Gasteiger charge is 2.09. The number of para-hydroxylation sites is 1. The first-order chi connectivity index (χ1) is 7.36. The molecule has 15 heavy (non-hydrogen) atoms. The molecule has 3 aromatic rings. The number of hydrogen-bond donors (Lipinski definition) is 1. The number of rotatable bonds is 0. The molecular weight excluding hydrogens is 188 g/mol. The minimum absolute atomic E-state index is 0.0601. The summed E-state index contributed by atoms with van der Waals surface area (Å²) < 4.78 is 1.74. The fourth-order valence-electron chi connectivity index (χ4n) is 1.77. The van der Waals surface area contributed by atoms with Crippen molar-refractivity contribution in [2.75, 3.05) is 0 Å². The highest BCUT2D eigenvalue weighted by atomic mass is 16.1. The predicted octanol–water partition coefficient (Wildman–Crippen LogP) is 1.27. The highest BCUT2D eigenvalue weighted by molar-refractivity contribution is 5.79. The van der Waals surface area contributed by atoms with Crippen LogP contribution in [0.2, 0.25) is 0 Å². The second kappa shape index (κ2) is 2.92. The summed E-state index contributed by atoms with van der Waals surface area (Å²) >= 11 is 0. The molecule has 2 heterocycles. The van der Waals surface area contributed by atoms with Crippen LogP contribution in [0.3, 0.4) is 0 Å². The number of fused-ring (bicyclic) bond motifs is 2. The molecule has 3 nitrogen and oxygen atoms in total. The summed E-state index contributed by atoms with van der Waals surface area (Å²) in [5.41, 5.74) is 1.58. The molecule has 3 rings (SSSR count). The molecule has 0 bridgehead atoms. The molecule has 0 saturated carbocycles. The van der Waals surface area contributed by atoms with E-state index in [-0.39, 0.29) is 5.43 Å². The smallest absolute Gasteiger partial charge is 0.282 e. The molecule has 0 aliphatic carbocycles. The first kappa shape index (κ1) is 8.17. The number of aromatic nitrogens is 2. The van der Waals surface area contributed by atoms with E-state index in [0.29, 0.717) is 5.52 Å². The number of pyridine rings is 1. The molecule has 0 aliphatic heterocycles. The summed E-state index contributed by atoms with van der Waals surface area (Å²) in [5, 5.41) is 3.89. The van der Waals surface area contributed by atoms with E-state index in [0.717, 1.165) is 10.9 Å². The maximum Gasteiger partial charge on any atom is 0.283 e. The van der Waals surface area contributed by atoms with E-state index < -0.39 is 0 Å². The third-order valence-electron chi connectivity index (χ3n) is 2.51. The molecule has 3 heteroatoms. The average Bonchev–Trinajstić information content (AvgIpc) is 2.30. The van der Waals surface area contributed by atoms with E-state index in [9.17, 15) is 4.79 Å². The Balaban J connectivity index is 2.66. The van der Waals surface area contributed by atoms with Crippen LogP contribution in [0, 0.1) is 0 Å². The van der Waals surface area contributed by atoms with Gasteiger partial charge in [0, 0.05) is 12.1 Å². The number of hydrogen-bond acceptors (Lipinski definition) is 1. The van der Waals surface area contributed by atoms with Gasteiger partial charge in [0.05, 0.1) is 5.39 Å². The van der Waals surface area contributed by atoms with Crippen molar-refractivity contribution >= 4 is 16.4 Å². The van der Waals surface area contributed by atoms with Gasteiger partial charge in [-0.15, -0.1) is 0 Å². The molecule has 0 amide bonds. The Kier molecular flexibility index (Phi) is 1.59. The first-order valence-electron chi connectivity index (χ1n) is 4.78. The fourth-order valence-corrected chi connectivity index (χ4v) is 1.77. The Morgan fingerprint density at radius 3 is 2.73 bits per heavy atom. The molecule has 0 aliphatic rings. The largest absolute Gasteiger partial charge is 0.283 e. The Morgan fingerprint density at radius 2 is 1.80 bits per heavy atom. The Hall–Kier alpha value is -2.16. The lowest BCUT2D eigenvalue weighted by atomic mass is 10.2. The summed E-state index contributed by atoms with van der Waals surface area (Å²) in [7, 11) is 0. The fraction of sp³-hybridized carbons (Fsp3) is 0. The van der Waals surface area contributed by atoms with E-state index in [1.807, 2.05) is 48.7 Å². The predicted molar refractivity (Wildman–Crippen MR) is 57.7 cm³/mol. The maximum atomic E-state index is 12.0. The van der Waals surface area contributed by atoms with Crippen molar-refractivity contribution in [3.63, 3.8) is 0 Å². The number of nitrogens with one attached hydrogen (secondary N) is 1. The zero-order valence-corrected chi connectivity index (χ0v) is 7.97. The SMILES string of the molecule is O=c1c2ccccc2[nH][n+]2ccccc12. The molecule has 2 aromatic heterocycles. The van der Waals surface area contributed by atoms with Gasteiger partial charge in [-0.25, -0.2) is 0 Å². The maximum absolute atomic E-state index is 12.0. The number of H-pyrrole nitrogens is 1. The Morgan fingerprint density at radius 1 is 1.00 bits per heavy atom. The molecular formula is C12H9N2O+. The van der Waals surface area contributed by atoms with Crippen LogP contribution in [0.5, 0.6) is 0 Å². The van der Waals surface area contributed by atoms with E-state index in [4.69, 9.17) is 0 Å². The Bertz CT molecular complexity index is 643. The van der Waals surface area contributed by atoms with Crippen LogP contribution < -0.4 is 9.94 Å². The van der Waals surface area contributed by atoms with Gasteiger partial charge in [0.25, 0.3) is 10.9 Å². The van der Waals surface area contributed by atoms with Crippen molar-refractivity contribution in [3.05, 3.63) is 58.9 Å². The summed E-state index contributed by atoms with van der Waals surface area (Å²) in [6.45, 7) is 0. The number of benzene rings is 1. The van der Waals surface area contributed by atoms with Gasteiger partial charge in [-0.2, -0.15) is 5.10 Å². The third kappa shape index (κ3) is 1.13. The monoisotopic (exact) mass is 197 g/mol. The van der Waals surface area contributed by atoms with Crippen LogP contribution in [-0.4, -0.2) is 5.10 Å². The molecule has 1 N–H and O–H groups in total. The zero-order valence-electron chi connectivity index (χ0n) is 7.97. The van der Waals surface area contributed by atoms with Gasteiger partial charge in [0.1, 0.15) is 5.52 Å². The lowest BCUT2D eigenvalue weighted by molar-refractivity contribution is -0.578. The molecule has 0 radical (unpaired) electrons. The standard InChI is InChI=1S/C12H8N2O/c15-12-9-5-1-2-6-10(9)13-14-8-4-3-7-11(12)14/h1-8H/p+1. The number of aromatic amines is 1. The molecule has 0 saturated heterocycles. The van der Waals surface area contributed by atoms with Gasteiger partial charge in [-0.05, 0) is 18.2 Å². The molecule has 0 fully saturated rings. The highest BCUT2D eigenvalue weighted by Crippen LogP contribution is 2.04. The summed E-state index contributed by atoms with van der Waals surface area (Å²) in [5.74, 6) is 0. The molecule has 72 valence electrons. The number of nitrogens with zero attached hydrogens (tertiary/aromatic N) is 1. The Labute approximate surface area is 85.6 Å². The summed E-state index contributed by atoms with van der Waals surface area (Å²) in [6, 6.07) is 13.1. The zero-order chi connectivity index (χ0) is 10.3. The molecule has 0 unspecified atom stereocenters. The van der Waals surface area contributed by atoms with Crippen molar-refractivity contribution in [1.82, 2.24) is 5.10 Å². The van der Waals surface area contributed by atoms with Gasteiger partial charge in [-0.3, -0.25) is 4.79 Å². The van der Waals surface area contributed by atoms with Crippen LogP contribution in [0.15, 0.2) is 53.5 Å². The van der Waals surface area contributed by atoms with Crippen molar-refractivity contribution in [3.8, 4) is 0 Å².